The minimum Gasteiger partial charge on any atom is -0.399 e. The predicted molar refractivity (Wildman–Crippen MR) is 110 cm³/mol. The van der Waals surface area contributed by atoms with Crippen LogP contribution in [-0.4, -0.2) is 65.5 Å². The van der Waals surface area contributed by atoms with Crippen molar-refractivity contribution in [1.82, 2.24) is 15.0 Å². The molecule has 0 spiro atoms. The average Bonchev–Trinajstić information content (AvgIpc) is 3.15. The monoisotopic (exact) mass is 394 g/mol. The van der Waals surface area contributed by atoms with Crippen LogP contribution in [0.3, 0.4) is 0 Å². The second kappa shape index (κ2) is 6.81. The molecule has 4 aliphatic rings. The van der Waals surface area contributed by atoms with Crippen molar-refractivity contribution in [3.05, 3.63) is 24.3 Å². The summed E-state index contributed by atoms with van der Waals surface area (Å²) in [6, 6.07) is 9.17. The molecular formula is C21H26N6O2. The molecule has 4 fully saturated rings. The lowest BCUT2D eigenvalue weighted by molar-refractivity contribution is 0.0885. The summed E-state index contributed by atoms with van der Waals surface area (Å²) in [6.07, 6.45) is 4.52. The topological polar surface area (TPSA) is 89.6 Å². The molecule has 5 heterocycles. The smallest absolute Gasteiger partial charge is 0.231 e. The Labute approximate surface area is 170 Å². The lowest BCUT2D eigenvalue weighted by Crippen LogP contribution is -2.48. The van der Waals surface area contributed by atoms with E-state index in [4.69, 9.17) is 30.2 Å². The first-order chi connectivity index (χ1) is 14.3. The van der Waals surface area contributed by atoms with Gasteiger partial charge in [0, 0.05) is 11.3 Å². The summed E-state index contributed by atoms with van der Waals surface area (Å²) in [6.45, 7) is 2.99. The zero-order valence-electron chi connectivity index (χ0n) is 16.4. The van der Waals surface area contributed by atoms with Gasteiger partial charge in [-0.25, -0.2) is 0 Å². The standard InChI is InChI=1S/C21H26N6O2/c22-14-3-1-13(2-4-14)19-23-20(26-15-5-6-16(26)10-28-9-15)25-21(24-19)27-17-7-8-18(27)12-29-11-17/h1-4,15-18H,5-12,22H2. The summed E-state index contributed by atoms with van der Waals surface area (Å²) >= 11 is 0. The fourth-order valence-electron chi connectivity index (χ4n) is 5.26. The van der Waals surface area contributed by atoms with Gasteiger partial charge < -0.3 is 25.0 Å². The fourth-order valence-corrected chi connectivity index (χ4v) is 5.26. The molecule has 6 rings (SSSR count). The molecule has 152 valence electrons. The summed E-state index contributed by atoms with van der Waals surface area (Å²) in [7, 11) is 0. The highest BCUT2D eigenvalue weighted by atomic mass is 16.5. The normalized spacial score (nSPS) is 30.8. The van der Waals surface area contributed by atoms with Crippen molar-refractivity contribution in [2.45, 2.75) is 49.9 Å². The van der Waals surface area contributed by atoms with Gasteiger partial charge in [0.15, 0.2) is 5.82 Å². The Morgan fingerprint density at radius 2 is 1.14 bits per heavy atom. The van der Waals surface area contributed by atoms with Crippen LogP contribution in [0.25, 0.3) is 11.4 Å². The quantitative estimate of drug-likeness (QED) is 0.789. The number of anilines is 3. The first-order valence-electron chi connectivity index (χ1n) is 10.6. The number of hydrogen-bond donors (Lipinski definition) is 1. The highest BCUT2D eigenvalue weighted by Crippen LogP contribution is 2.36. The van der Waals surface area contributed by atoms with Crippen LogP contribution < -0.4 is 15.5 Å². The third-order valence-electron chi connectivity index (χ3n) is 6.72. The molecule has 2 aromatic rings. The maximum atomic E-state index is 5.89. The Bertz CT molecular complexity index is 826. The number of nitrogens with zero attached hydrogens (tertiary/aromatic N) is 5. The maximum absolute atomic E-state index is 5.89. The Kier molecular flexibility index (Phi) is 4.09. The van der Waals surface area contributed by atoms with Crippen molar-refractivity contribution in [3.8, 4) is 11.4 Å². The molecule has 2 N–H and O–H groups in total. The van der Waals surface area contributed by atoms with Gasteiger partial charge in [-0.3, -0.25) is 0 Å². The molecule has 0 radical (unpaired) electrons. The summed E-state index contributed by atoms with van der Waals surface area (Å²) in [5, 5.41) is 0. The average molecular weight is 394 g/mol. The first-order valence-corrected chi connectivity index (χ1v) is 10.6. The maximum Gasteiger partial charge on any atom is 0.231 e. The number of benzene rings is 1. The van der Waals surface area contributed by atoms with Crippen molar-refractivity contribution >= 4 is 17.6 Å². The van der Waals surface area contributed by atoms with Crippen molar-refractivity contribution in [3.63, 3.8) is 0 Å². The molecule has 8 nitrogen and oxygen atoms in total. The number of aromatic nitrogens is 3. The lowest BCUT2D eigenvalue weighted by atomic mass is 10.2. The van der Waals surface area contributed by atoms with E-state index in [1.54, 1.807) is 0 Å². The largest absolute Gasteiger partial charge is 0.399 e. The van der Waals surface area contributed by atoms with E-state index in [0.29, 0.717) is 30.0 Å². The van der Waals surface area contributed by atoms with E-state index in [9.17, 15) is 0 Å². The minimum atomic E-state index is 0.352. The molecule has 4 bridgehead atoms. The van der Waals surface area contributed by atoms with Gasteiger partial charge in [-0.05, 0) is 49.9 Å². The molecule has 1 aromatic heterocycles. The molecule has 4 atom stereocenters. The Morgan fingerprint density at radius 3 is 1.59 bits per heavy atom. The molecule has 0 aliphatic carbocycles. The van der Waals surface area contributed by atoms with Gasteiger partial charge >= 0.3 is 0 Å². The van der Waals surface area contributed by atoms with Crippen LogP contribution in [0.1, 0.15) is 25.7 Å². The number of morpholine rings is 2. The molecule has 0 saturated carbocycles. The van der Waals surface area contributed by atoms with Crippen LogP contribution in [-0.2, 0) is 9.47 Å². The molecular weight excluding hydrogens is 368 g/mol. The van der Waals surface area contributed by atoms with Crippen molar-refractivity contribution in [1.29, 1.82) is 0 Å². The van der Waals surface area contributed by atoms with Crippen LogP contribution in [0.15, 0.2) is 24.3 Å². The molecule has 1 aromatic carbocycles. The molecule has 8 heteroatoms. The lowest BCUT2D eigenvalue weighted by Gasteiger charge is -2.37. The van der Waals surface area contributed by atoms with Gasteiger partial charge in [0.1, 0.15) is 0 Å². The van der Waals surface area contributed by atoms with Gasteiger partial charge in [0.2, 0.25) is 11.9 Å². The van der Waals surface area contributed by atoms with E-state index < -0.39 is 0 Å². The SMILES string of the molecule is Nc1ccc(-c2nc(N3C4CCC3COC4)nc(N3C4CCC3COC4)n2)cc1. The highest BCUT2D eigenvalue weighted by molar-refractivity contribution is 5.62. The number of rotatable bonds is 3. The number of fused-ring (bicyclic) bond motifs is 4. The van der Waals surface area contributed by atoms with Crippen molar-refractivity contribution < 1.29 is 9.47 Å². The van der Waals surface area contributed by atoms with Gasteiger partial charge in [-0.15, -0.1) is 0 Å². The number of ether oxygens (including phenoxy) is 2. The van der Waals surface area contributed by atoms with Gasteiger partial charge in [0.25, 0.3) is 0 Å². The highest BCUT2D eigenvalue weighted by Gasteiger charge is 2.42. The summed E-state index contributed by atoms with van der Waals surface area (Å²) in [4.78, 5) is 19.6. The van der Waals surface area contributed by atoms with E-state index in [1.807, 2.05) is 24.3 Å². The molecule has 4 unspecified atom stereocenters. The van der Waals surface area contributed by atoms with Crippen LogP contribution in [0.2, 0.25) is 0 Å². The van der Waals surface area contributed by atoms with Crippen LogP contribution in [0.4, 0.5) is 17.6 Å². The summed E-state index contributed by atoms with van der Waals surface area (Å²) < 4.78 is 11.5. The van der Waals surface area contributed by atoms with E-state index in [2.05, 4.69) is 9.80 Å². The minimum absolute atomic E-state index is 0.352. The van der Waals surface area contributed by atoms with Gasteiger partial charge in [0.05, 0.1) is 50.6 Å². The predicted octanol–water partition coefficient (Wildman–Crippen LogP) is 1.86. The van der Waals surface area contributed by atoms with E-state index in [-0.39, 0.29) is 0 Å². The number of hydrogen-bond acceptors (Lipinski definition) is 8. The first kappa shape index (κ1) is 17.4. The third-order valence-corrected chi connectivity index (χ3v) is 6.72. The number of nitrogens with two attached hydrogens (primary N) is 1. The van der Waals surface area contributed by atoms with Crippen LogP contribution >= 0.6 is 0 Å². The van der Waals surface area contributed by atoms with Crippen molar-refractivity contribution in [2.24, 2.45) is 0 Å². The zero-order chi connectivity index (χ0) is 19.4. The van der Waals surface area contributed by atoms with Gasteiger partial charge in [-0.1, -0.05) is 0 Å². The van der Waals surface area contributed by atoms with Crippen LogP contribution in [0.5, 0.6) is 0 Å². The summed E-state index contributed by atoms with van der Waals surface area (Å²) in [5.74, 6) is 2.27. The zero-order valence-corrected chi connectivity index (χ0v) is 16.4. The molecule has 29 heavy (non-hydrogen) atoms. The molecule has 0 amide bonds. The van der Waals surface area contributed by atoms with Gasteiger partial charge in [-0.2, -0.15) is 15.0 Å². The second-order valence-corrected chi connectivity index (χ2v) is 8.54. The second-order valence-electron chi connectivity index (χ2n) is 8.54. The third kappa shape index (κ3) is 2.93. The van der Waals surface area contributed by atoms with Crippen LogP contribution in [0, 0.1) is 0 Å². The Balaban J connectivity index is 1.45. The molecule has 4 aliphatic heterocycles. The van der Waals surface area contributed by atoms with Crippen molar-refractivity contribution in [2.75, 3.05) is 42.0 Å². The van der Waals surface area contributed by atoms with E-state index in [1.165, 1.54) is 0 Å². The fraction of sp³-hybridized carbons (Fsp3) is 0.571. The Hall–Kier alpha value is -2.45. The Morgan fingerprint density at radius 1 is 0.690 bits per heavy atom. The number of nitrogen functional groups attached to an aromatic ring is 1. The summed E-state index contributed by atoms with van der Waals surface area (Å²) in [5.41, 5.74) is 7.59. The molecule has 4 saturated heterocycles. The van der Waals surface area contributed by atoms with E-state index in [0.717, 1.165) is 75.3 Å². The van der Waals surface area contributed by atoms with E-state index >= 15 is 0 Å².